The van der Waals surface area contributed by atoms with Crippen LogP contribution in [0.15, 0.2) is 20.1 Å². The van der Waals surface area contributed by atoms with E-state index < -0.39 is 10.0 Å². The Balaban J connectivity index is 2.29. The van der Waals surface area contributed by atoms with E-state index in [1.165, 1.54) is 11.3 Å². The normalized spacial score (nSPS) is 23.5. The summed E-state index contributed by atoms with van der Waals surface area (Å²) in [7, 11) is -3.32. The highest BCUT2D eigenvalue weighted by atomic mass is 79.9. The second-order valence-corrected chi connectivity index (χ2v) is 7.68. The first-order chi connectivity index (χ1) is 7.51. The van der Waals surface area contributed by atoms with Crippen LogP contribution in [-0.2, 0) is 10.0 Å². The van der Waals surface area contributed by atoms with Crippen LogP contribution in [0, 0.1) is 0 Å². The number of hydrogen-bond donors (Lipinski definition) is 1. The maximum Gasteiger partial charge on any atom is 0.253 e. The molecule has 0 saturated carbocycles. The van der Waals surface area contributed by atoms with Crippen molar-refractivity contribution in [1.82, 2.24) is 9.62 Å². The predicted molar refractivity (Wildman–Crippen MR) is 68.2 cm³/mol. The van der Waals surface area contributed by atoms with Gasteiger partial charge in [-0.15, -0.1) is 11.3 Å². The van der Waals surface area contributed by atoms with Gasteiger partial charge < -0.3 is 5.32 Å². The van der Waals surface area contributed by atoms with E-state index in [2.05, 4.69) is 21.2 Å². The number of thiophene rings is 1. The van der Waals surface area contributed by atoms with Crippen LogP contribution in [0.25, 0.3) is 0 Å². The van der Waals surface area contributed by atoms with Crippen molar-refractivity contribution in [2.45, 2.75) is 17.2 Å². The first-order valence-corrected chi connectivity index (χ1v) is 8.09. The average Bonchev–Trinajstić information content (AvgIpc) is 2.65. The standard InChI is InChI=1S/C9H13BrN2O2S2/c1-7-6-12(4-3-11-7)16(13,14)9-8(10)2-5-15-9/h2,5,7,11H,3-4,6H2,1H3. The molecule has 1 fully saturated rings. The van der Waals surface area contributed by atoms with Crippen LogP contribution < -0.4 is 5.32 Å². The maximum absolute atomic E-state index is 12.3. The maximum atomic E-state index is 12.3. The first-order valence-electron chi connectivity index (χ1n) is 4.98. The summed E-state index contributed by atoms with van der Waals surface area (Å²) in [6, 6.07) is 1.98. The van der Waals surface area contributed by atoms with Crippen molar-refractivity contribution in [1.29, 1.82) is 0 Å². The summed E-state index contributed by atoms with van der Waals surface area (Å²) >= 11 is 4.53. The van der Waals surface area contributed by atoms with Gasteiger partial charge in [0.25, 0.3) is 10.0 Å². The van der Waals surface area contributed by atoms with Gasteiger partial charge in [0.05, 0.1) is 0 Å². The van der Waals surface area contributed by atoms with E-state index in [9.17, 15) is 8.42 Å². The van der Waals surface area contributed by atoms with Crippen LogP contribution in [-0.4, -0.2) is 38.4 Å². The second kappa shape index (κ2) is 4.73. The third-order valence-corrected chi connectivity index (χ3v) is 7.00. The van der Waals surface area contributed by atoms with Gasteiger partial charge in [0.1, 0.15) is 4.21 Å². The number of nitrogens with zero attached hydrogens (tertiary/aromatic N) is 1. The van der Waals surface area contributed by atoms with Gasteiger partial charge in [-0.2, -0.15) is 4.31 Å². The van der Waals surface area contributed by atoms with Gasteiger partial charge in [-0.05, 0) is 34.3 Å². The minimum Gasteiger partial charge on any atom is -0.312 e. The summed E-state index contributed by atoms with van der Waals surface area (Å²) in [6.07, 6.45) is 0. The number of hydrogen-bond acceptors (Lipinski definition) is 4. The molecule has 0 aliphatic carbocycles. The topological polar surface area (TPSA) is 49.4 Å². The molecule has 1 aromatic heterocycles. The predicted octanol–water partition coefficient (Wildman–Crippen LogP) is 1.49. The van der Waals surface area contributed by atoms with E-state index in [1.54, 1.807) is 15.8 Å². The van der Waals surface area contributed by atoms with Crippen LogP contribution in [0.3, 0.4) is 0 Å². The zero-order chi connectivity index (χ0) is 11.8. The molecule has 90 valence electrons. The fourth-order valence-corrected chi connectivity index (χ4v) is 5.68. The van der Waals surface area contributed by atoms with Gasteiger partial charge in [-0.1, -0.05) is 0 Å². The molecular weight excluding hydrogens is 312 g/mol. The molecule has 1 unspecified atom stereocenters. The molecule has 1 atom stereocenters. The summed E-state index contributed by atoms with van der Waals surface area (Å²) in [5.41, 5.74) is 0. The zero-order valence-corrected chi connectivity index (χ0v) is 12.0. The van der Waals surface area contributed by atoms with E-state index in [0.29, 0.717) is 28.3 Å². The quantitative estimate of drug-likeness (QED) is 0.896. The summed E-state index contributed by atoms with van der Waals surface area (Å²) < 4.78 is 27.2. The lowest BCUT2D eigenvalue weighted by Crippen LogP contribution is -2.51. The highest BCUT2D eigenvalue weighted by Crippen LogP contribution is 2.30. The number of nitrogens with one attached hydrogen (secondary N) is 1. The Labute approximate surface area is 108 Å². The van der Waals surface area contributed by atoms with Crippen molar-refractivity contribution in [3.8, 4) is 0 Å². The minimum absolute atomic E-state index is 0.210. The van der Waals surface area contributed by atoms with E-state index in [1.807, 2.05) is 6.92 Å². The van der Waals surface area contributed by atoms with Gasteiger partial charge in [-0.25, -0.2) is 8.42 Å². The SMILES string of the molecule is CC1CN(S(=O)(=O)c2sccc2Br)CCN1. The molecule has 0 radical (unpaired) electrons. The second-order valence-electron chi connectivity index (χ2n) is 3.77. The van der Waals surface area contributed by atoms with Gasteiger partial charge in [0.15, 0.2) is 0 Å². The van der Waals surface area contributed by atoms with Gasteiger partial charge in [0.2, 0.25) is 0 Å². The van der Waals surface area contributed by atoms with Crippen molar-refractivity contribution in [2.24, 2.45) is 0 Å². The zero-order valence-electron chi connectivity index (χ0n) is 8.81. The number of piperazine rings is 1. The lowest BCUT2D eigenvalue weighted by molar-refractivity contribution is 0.310. The first kappa shape index (κ1) is 12.5. The third-order valence-electron chi connectivity index (χ3n) is 2.49. The average molecular weight is 325 g/mol. The Morgan fingerprint density at radius 3 is 2.94 bits per heavy atom. The molecule has 2 rings (SSSR count). The van der Waals surface area contributed by atoms with E-state index >= 15 is 0 Å². The van der Waals surface area contributed by atoms with Gasteiger partial charge in [0, 0.05) is 30.1 Å². The van der Waals surface area contributed by atoms with Crippen molar-refractivity contribution in [3.05, 3.63) is 15.9 Å². The molecule has 16 heavy (non-hydrogen) atoms. The van der Waals surface area contributed by atoms with E-state index in [4.69, 9.17) is 0 Å². The largest absolute Gasteiger partial charge is 0.312 e. The third kappa shape index (κ3) is 2.33. The van der Waals surface area contributed by atoms with Crippen molar-refractivity contribution in [2.75, 3.05) is 19.6 Å². The highest BCUT2D eigenvalue weighted by Gasteiger charge is 2.30. The fraction of sp³-hybridized carbons (Fsp3) is 0.556. The van der Waals surface area contributed by atoms with Crippen LogP contribution in [0.4, 0.5) is 0 Å². The monoisotopic (exact) mass is 324 g/mol. The number of halogens is 1. The molecule has 1 aliphatic heterocycles. The molecule has 0 amide bonds. The molecule has 1 saturated heterocycles. The van der Waals surface area contributed by atoms with E-state index in [-0.39, 0.29) is 6.04 Å². The summed E-state index contributed by atoms with van der Waals surface area (Å²) in [5, 5.41) is 5.01. The minimum atomic E-state index is -3.32. The van der Waals surface area contributed by atoms with Crippen LogP contribution in [0.2, 0.25) is 0 Å². The van der Waals surface area contributed by atoms with Crippen molar-refractivity contribution in [3.63, 3.8) is 0 Å². The number of sulfonamides is 1. The lowest BCUT2D eigenvalue weighted by Gasteiger charge is -2.30. The highest BCUT2D eigenvalue weighted by molar-refractivity contribution is 9.10. The van der Waals surface area contributed by atoms with Crippen LogP contribution in [0.1, 0.15) is 6.92 Å². The molecule has 0 aromatic carbocycles. The Kier molecular flexibility index (Phi) is 3.70. The van der Waals surface area contributed by atoms with Crippen LogP contribution in [0.5, 0.6) is 0 Å². The molecule has 4 nitrogen and oxygen atoms in total. The summed E-state index contributed by atoms with van der Waals surface area (Å²) in [6.45, 7) is 3.78. The van der Waals surface area contributed by atoms with E-state index in [0.717, 1.165) is 0 Å². The number of rotatable bonds is 2. The van der Waals surface area contributed by atoms with Crippen LogP contribution >= 0.6 is 27.3 Å². The molecule has 1 N–H and O–H groups in total. The Bertz CT molecular complexity index is 472. The lowest BCUT2D eigenvalue weighted by atomic mass is 10.3. The molecule has 0 spiro atoms. The molecule has 1 aliphatic rings. The Morgan fingerprint density at radius 1 is 1.62 bits per heavy atom. The summed E-state index contributed by atoms with van der Waals surface area (Å²) in [5.74, 6) is 0. The fourth-order valence-electron chi connectivity index (χ4n) is 1.70. The molecular formula is C9H13BrN2O2S2. The smallest absolute Gasteiger partial charge is 0.253 e. The molecule has 7 heteroatoms. The molecule has 1 aromatic rings. The molecule has 2 heterocycles. The van der Waals surface area contributed by atoms with Gasteiger partial charge in [-0.3, -0.25) is 0 Å². The van der Waals surface area contributed by atoms with Gasteiger partial charge >= 0.3 is 0 Å². The summed E-state index contributed by atoms with van der Waals surface area (Å²) in [4.78, 5) is 0. The molecule has 0 bridgehead atoms. The Morgan fingerprint density at radius 2 is 2.38 bits per heavy atom. The Hall–Kier alpha value is 0.0500. The van der Waals surface area contributed by atoms with Crippen molar-refractivity contribution < 1.29 is 8.42 Å². The van der Waals surface area contributed by atoms with Crippen molar-refractivity contribution >= 4 is 37.3 Å².